The van der Waals surface area contributed by atoms with Crippen LogP contribution in [0.3, 0.4) is 0 Å². The van der Waals surface area contributed by atoms with E-state index in [0.29, 0.717) is 5.56 Å². The molecule has 4 nitrogen and oxygen atoms in total. The van der Waals surface area contributed by atoms with E-state index in [-0.39, 0.29) is 11.4 Å². The Morgan fingerprint density at radius 2 is 1.68 bits per heavy atom. The van der Waals surface area contributed by atoms with Crippen LogP contribution in [0.1, 0.15) is 12.5 Å². The second-order valence-corrected chi connectivity index (χ2v) is 6.82. The van der Waals surface area contributed by atoms with Gasteiger partial charge in [0.15, 0.2) is 0 Å². The van der Waals surface area contributed by atoms with Gasteiger partial charge >= 0.3 is 0 Å². The maximum atomic E-state index is 14.0. The lowest BCUT2D eigenvalue weighted by atomic mass is 9.95. The minimum absolute atomic E-state index is 0.0817. The smallest absolute Gasteiger partial charge is 0.240 e. The predicted octanol–water partition coefficient (Wildman–Crippen LogP) is 2.67. The Balaban J connectivity index is 2.23. The molecule has 0 bridgehead atoms. The van der Waals surface area contributed by atoms with Crippen LogP contribution in [0.4, 0.5) is 4.39 Å². The molecule has 0 unspecified atom stereocenters. The second kappa shape index (κ2) is 6.56. The Labute approximate surface area is 130 Å². The number of sulfonamides is 1. The van der Waals surface area contributed by atoms with Crippen LogP contribution in [0.25, 0.3) is 0 Å². The summed E-state index contributed by atoms with van der Waals surface area (Å²) in [5.74, 6) is -0.439. The molecule has 0 aliphatic carbocycles. The lowest BCUT2D eigenvalue weighted by molar-refractivity contribution is 0.00410. The summed E-state index contributed by atoms with van der Waals surface area (Å²) >= 11 is 0. The average molecular weight is 323 g/mol. The van der Waals surface area contributed by atoms with E-state index < -0.39 is 21.4 Å². The summed E-state index contributed by atoms with van der Waals surface area (Å²) in [6.07, 6.45) is 0. The van der Waals surface area contributed by atoms with Crippen LogP contribution in [-0.4, -0.2) is 22.1 Å². The monoisotopic (exact) mass is 323 g/mol. The molecular weight excluding hydrogens is 305 g/mol. The Hall–Kier alpha value is -1.76. The van der Waals surface area contributed by atoms with Crippen molar-refractivity contribution in [3.8, 4) is 0 Å². The van der Waals surface area contributed by atoms with Crippen LogP contribution in [0, 0.1) is 5.82 Å². The third-order valence-electron chi connectivity index (χ3n) is 3.55. The highest BCUT2D eigenvalue weighted by Crippen LogP contribution is 2.26. The van der Waals surface area contributed by atoms with Crippen molar-refractivity contribution < 1.29 is 17.5 Å². The zero-order valence-electron chi connectivity index (χ0n) is 12.4. The zero-order valence-corrected chi connectivity index (χ0v) is 13.2. The Morgan fingerprint density at radius 3 is 2.27 bits per heavy atom. The molecule has 0 amide bonds. The fraction of sp³-hybridized carbons (Fsp3) is 0.250. The van der Waals surface area contributed by atoms with E-state index in [2.05, 4.69) is 4.72 Å². The molecule has 6 heteroatoms. The number of benzene rings is 2. The molecular formula is C16H18FNO3S. The van der Waals surface area contributed by atoms with E-state index in [4.69, 9.17) is 4.74 Å². The molecule has 0 aromatic heterocycles. The summed E-state index contributed by atoms with van der Waals surface area (Å²) < 4.78 is 46.3. The van der Waals surface area contributed by atoms with Gasteiger partial charge in [-0.3, -0.25) is 0 Å². The molecule has 0 saturated heterocycles. The Bertz CT molecular complexity index is 734. The number of nitrogens with one attached hydrogen (secondary N) is 1. The number of halogens is 1. The number of rotatable bonds is 6. The third-order valence-corrected chi connectivity index (χ3v) is 4.96. The lowest BCUT2D eigenvalue weighted by Crippen LogP contribution is -2.40. The molecule has 22 heavy (non-hydrogen) atoms. The number of methoxy groups -OCH3 is 1. The Morgan fingerprint density at radius 1 is 1.09 bits per heavy atom. The quantitative estimate of drug-likeness (QED) is 0.889. The summed E-state index contributed by atoms with van der Waals surface area (Å²) in [6.45, 7) is 1.56. The van der Waals surface area contributed by atoms with E-state index in [1.807, 2.05) is 0 Å². The van der Waals surface area contributed by atoms with Gasteiger partial charge in [-0.2, -0.15) is 0 Å². The number of hydrogen-bond acceptors (Lipinski definition) is 3. The first-order valence-corrected chi connectivity index (χ1v) is 8.22. The van der Waals surface area contributed by atoms with Crippen molar-refractivity contribution in [2.75, 3.05) is 13.7 Å². The van der Waals surface area contributed by atoms with Crippen LogP contribution in [0.5, 0.6) is 0 Å². The number of hydrogen-bond donors (Lipinski definition) is 1. The van der Waals surface area contributed by atoms with E-state index in [1.165, 1.54) is 25.3 Å². The minimum Gasteiger partial charge on any atom is -0.372 e. The van der Waals surface area contributed by atoms with E-state index in [0.717, 1.165) is 0 Å². The molecule has 0 saturated carbocycles. The standard InChI is InChI=1S/C16H18FNO3S/c1-16(21-2,14-10-6-7-11-15(14)17)12-18-22(19,20)13-8-4-3-5-9-13/h3-11,18H,12H2,1-2H3/t16-/m1/s1. The highest BCUT2D eigenvalue weighted by molar-refractivity contribution is 7.89. The largest absolute Gasteiger partial charge is 0.372 e. The molecule has 0 heterocycles. The molecule has 0 spiro atoms. The average Bonchev–Trinajstić information content (AvgIpc) is 2.54. The first-order valence-electron chi connectivity index (χ1n) is 6.74. The summed E-state index contributed by atoms with van der Waals surface area (Å²) in [5.41, 5.74) is -0.805. The van der Waals surface area contributed by atoms with Gasteiger partial charge in [0.05, 0.1) is 4.90 Å². The van der Waals surface area contributed by atoms with Gasteiger partial charge < -0.3 is 4.74 Å². The summed E-state index contributed by atoms with van der Waals surface area (Å²) in [4.78, 5) is 0.155. The number of ether oxygens (including phenoxy) is 1. The lowest BCUT2D eigenvalue weighted by Gasteiger charge is -2.29. The predicted molar refractivity (Wildman–Crippen MR) is 82.4 cm³/mol. The third kappa shape index (κ3) is 3.52. The van der Waals surface area contributed by atoms with Crippen LogP contribution in [0.15, 0.2) is 59.5 Å². The first kappa shape index (κ1) is 16.6. The van der Waals surface area contributed by atoms with Gasteiger partial charge in [-0.1, -0.05) is 36.4 Å². The van der Waals surface area contributed by atoms with Gasteiger partial charge in [-0.25, -0.2) is 17.5 Å². The molecule has 1 N–H and O–H groups in total. The summed E-state index contributed by atoms with van der Waals surface area (Å²) in [7, 11) is -2.26. The first-order chi connectivity index (χ1) is 10.4. The van der Waals surface area contributed by atoms with Crippen molar-refractivity contribution in [1.29, 1.82) is 0 Å². The van der Waals surface area contributed by atoms with Crippen molar-refractivity contribution in [2.45, 2.75) is 17.4 Å². The van der Waals surface area contributed by atoms with E-state index in [1.54, 1.807) is 43.3 Å². The topological polar surface area (TPSA) is 55.4 Å². The Kier molecular flexibility index (Phi) is 4.95. The van der Waals surface area contributed by atoms with E-state index in [9.17, 15) is 12.8 Å². The van der Waals surface area contributed by atoms with Gasteiger partial charge in [0.1, 0.15) is 11.4 Å². The highest BCUT2D eigenvalue weighted by Gasteiger charge is 2.31. The molecule has 2 aromatic rings. The van der Waals surface area contributed by atoms with Gasteiger partial charge in [0, 0.05) is 19.2 Å². The summed E-state index contributed by atoms with van der Waals surface area (Å²) in [5, 5.41) is 0. The van der Waals surface area contributed by atoms with Crippen molar-refractivity contribution >= 4 is 10.0 Å². The molecule has 2 aromatic carbocycles. The van der Waals surface area contributed by atoms with Gasteiger partial charge in [-0.15, -0.1) is 0 Å². The zero-order chi connectivity index (χ0) is 16.2. The maximum absolute atomic E-state index is 14.0. The van der Waals surface area contributed by atoms with Crippen LogP contribution in [-0.2, 0) is 20.4 Å². The minimum atomic E-state index is -3.68. The van der Waals surface area contributed by atoms with Gasteiger partial charge in [0.25, 0.3) is 0 Å². The molecule has 0 radical (unpaired) electrons. The molecule has 0 aliphatic heterocycles. The molecule has 0 fully saturated rings. The molecule has 1 atom stereocenters. The fourth-order valence-corrected chi connectivity index (χ4v) is 3.23. The van der Waals surface area contributed by atoms with Crippen molar-refractivity contribution in [3.05, 3.63) is 66.0 Å². The normalized spacial score (nSPS) is 14.5. The van der Waals surface area contributed by atoms with E-state index >= 15 is 0 Å². The molecule has 0 aliphatic rings. The fourth-order valence-electron chi connectivity index (χ4n) is 2.08. The van der Waals surface area contributed by atoms with Crippen molar-refractivity contribution in [2.24, 2.45) is 0 Å². The van der Waals surface area contributed by atoms with Gasteiger partial charge in [0.2, 0.25) is 10.0 Å². The molecule has 2 rings (SSSR count). The second-order valence-electron chi connectivity index (χ2n) is 5.05. The summed E-state index contributed by atoms with van der Waals surface area (Å²) in [6, 6.07) is 14.2. The maximum Gasteiger partial charge on any atom is 0.240 e. The van der Waals surface area contributed by atoms with Gasteiger partial charge in [-0.05, 0) is 25.1 Å². The highest BCUT2D eigenvalue weighted by atomic mass is 32.2. The van der Waals surface area contributed by atoms with Crippen molar-refractivity contribution in [3.63, 3.8) is 0 Å². The van der Waals surface area contributed by atoms with Crippen LogP contribution >= 0.6 is 0 Å². The molecule has 118 valence electrons. The SMILES string of the molecule is CO[C@](C)(CNS(=O)(=O)c1ccccc1)c1ccccc1F. The van der Waals surface area contributed by atoms with Crippen LogP contribution < -0.4 is 4.72 Å². The van der Waals surface area contributed by atoms with Crippen LogP contribution in [0.2, 0.25) is 0 Å². The van der Waals surface area contributed by atoms with Crippen molar-refractivity contribution in [1.82, 2.24) is 4.72 Å².